The van der Waals surface area contributed by atoms with Crippen LogP contribution in [0.2, 0.25) is 0 Å². The molecule has 0 radical (unpaired) electrons. The minimum atomic E-state index is 0.861. The Morgan fingerprint density at radius 1 is 0.640 bits per heavy atom. The number of hydrogen-bond donors (Lipinski definition) is 0. The lowest BCUT2D eigenvalue weighted by Crippen LogP contribution is -2.49. The Morgan fingerprint density at radius 3 is 1.40 bits per heavy atom. The normalized spacial score (nSPS) is 10.3. The highest BCUT2D eigenvalue weighted by molar-refractivity contribution is 5.34. The highest BCUT2D eigenvalue weighted by Crippen LogP contribution is 2.10. The predicted octanol–water partition coefficient (Wildman–Crippen LogP) is 4.73. The smallest absolute Gasteiger partial charge is 0.142 e. The summed E-state index contributed by atoms with van der Waals surface area (Å²) in [5.74, 6) is 13.5. The molecule has 0 fully saturated rings. The van der Waals surface area contributed by atoms with E-state index in [9.17, 15) is 0 Å². The molecule has 1 heteroatoms. The fourth-order valence-electron chi connectivity index (χ4n) is 3.09. The third kappa shape index (κ3) is 6.50. The summed E-state index contributed by atoms with van der Waals surface area (Å²) >= 11 is 0. The van der Waals surface area contributed by atoms with Crippen LogP contribution < -0.4 is 0 Å². The largest absolute Gasteiger partial charge is 0.303 e. The SMILES string of the molecule is CCC[N+](CC#Cc1ccccc1)(CC#Cc1ccccc1)CCC. The van der Waals surface area contributed by atoms with Gasteiger partial charge in [0.25, 0.3) is 0 Å². The number of nitrogens with zero attached hydrogens (tertiary/aromatic N) is 1. The molecule has 2 aromatic carbocycles. The molecule has 0 aliphatic rings. The fraction of sp³-hybridized carbons (Fsp3) is 0.333. The lowest BCUT2D eigenvalue weighted by Gasteiger charge is -2.35. The number of hydrogen-bond acceptors (Lipinski definition) is 0. The molecular formula is C24H28N+. The summed E-state index contributed by atoms with van der Waals surface area (Å²) < 4.78 is 0.965. The van der Waals surface area contributed by atoms with Gasteiger partial charge in [0, 0.05) is 11.1 Å². The van der Waals surface area contributed by atoms with E-state index < -0.39 is 0 Å². The van der Waals surface area contributed by atoms with E-state index in [1.807, 2.05) is 36.4 Å². The topological polar surface area (TPSA) is 0 Å². The summed E-state index contributed by atoms with van der Waals surface area (Å²) in [6.07, 6.45) is 2.31. The van der Waals surface area contributed by atoms with Crippen molar-refractivity contribution in [2.24, 2.45) is 0 Å². The third-order valence-corrected chi connectivity index (χ3v) is 4.24. The fourth-order valence-corrected chi connectivity index (χ4v) is 3.09. The van der Waals surface area contributed by atoms with E-state index in [2.05, 4.69) is 61.8 Å². The highest BCUT2D eigenvalue weighted by Gasteiger charge is 2.23. The summed E-state index contributed by atoms with van der Waals surface area (Å²) in [7, 11) is 0. The molecule has 0 saturated carbocycles. The zero-order chi connectivity index (χ0) is 17.8. The molecule has 0 atom stereocenters. The minimum absolute atomic E-state index is 0.861. The van der Waals surface area contributed by atoms with Crippen LogP contribution in [-0.4, -0.2) is 30.7 Å². The Bertz CT molecular complexity index is 671. The van der Waals surface area contributed by atoms with Crippen molar-refractivity contribution in [2.45, 2.75) is 26.7 Å². The Balaban J connectivity index is 2.13. The van der Waals surface area contributed by atoms with Gasteiger partial charge in [-0.25, -0.2) is 0 Å². The van der Waals surface area contributed by atoms with Crippen molar-refractivity contribution in [3.05, 3.63) is 71.8 Å². The second-order valence-electron chi connectivity index (χ2n) is 6.44. The van der Waals surface area contributed by atoms with E-state index in [0.29, 0.717) is 0 Å². The van der Waals surface area contributed by atoms with E-state index in [0.717, 1.165) is 54.6 Å². The van der Waals surface area contributed by atoms with E-state index in [1.165, 1.54) is 0 Å². The zero-order valence-electron chi connectivity index (χ0n) is 15.5. The molecule has 0 aromatic heterocycles. The molecule has 2 rings (SSSR count). The first-order valence-corrected chi connectivity index (χ1v) is 9.21. The van der Waals surface area contributed by atoms with Crippen LogP contribution in [0.4, 0.5) is 0 Å². The average molecular weight is 330 g/mol. The van der Waals surface area contributed by atoms with Gasteiger partial charge in [0.2, 0.25) is 0 Å². The molecule has 128 valence electrons. The van der Waals surface area contributed by atoms with Crippen LogP contribution >= 0.6 is 0 Å². The summed E-state index contributed by atoms with van der Waals surface area (Å²) in [4.78, 5) is 0. The van der Waals surface area contributed by atoms with Gasteiger partial charge in [0.15, 0.2) is 0 Å². The molecule has 0 N–H and O–H groups in total. The van der Waals surface area contributed by atoms with Gasteiger partial charge >= 0.3 is 0 Å². The molecule has 0 bridgehead atoms. The predicted molar refractivity (Wildman–Crippen MR) is 107 cm³/mol. The number of rotatable bonds is 6. The molecule has 25 heavy (non-hydrogen) atoms. The molecule has 0 aliphatic heterocycles. The van der Waals surface area contributed by atoms with Crippen molar-refractivity contribution >= 4 is 0 Å². The van der Waals surface area contributed by atoms with Gasteiger partial charge in [-0.3, -0.25) is 0 Å². The second-order valence-corrected chi connectivity index (χ2v) is 6.44. The number of quaternary nitrogens is 1. The molecule has 0 spiro atoms. The van der Waals surface area contributed by atoms with Crippen LogP contribution in [0.5, 0.6) is 0 Å². The first-order chi connectivity index (χ1) is 12.3. The van der Waals surface area contributed by atoms with Crippen LogP contribution in [0, 0.1) is 23.7 Å². The highest BCUT2D eigenvalue weighted by atomic mass is 15.3. The molecule has 0 saturated heterocycles. The Kier molecular flexibility index (Phi) is 7.84. The Morgan fingerprint density at radius 2 is 1.04 bits per heavy atom. The van der Waals surface area contributed by atoms with Crippen LogP contribution in [0.15, 0.2) is 60.7 Å². The van der Waals surface area contributed by atoms with Crippen molar-refractivity contribution in [3.8, 4) is 23.7 Å². The summed E-state index contributed by atoms with van der Waals surface area (Å²) in [6, 6.07) is 20.5. The molecule has 0 aliphatic carbocycles. The molecule has 0 heterocycles. The standard InChI is InChI=1S/C24H28N/c1-3-19-25(20-4-2,21-11-17-23-13-7-5-8-14-23)22-12-18-24-15-9-6-10-16-24/h5-10,13-16H,3-4,19-22H2,1-2H3/q+1. The van der Waals surface area contributed by atoms with Crippen LogP contribution in [0.25, 0.3) is 0 Å². The monoisotopic (exact) mass is 330 g/mol. The second kappa shape index (κ2) is 10.4. The van der Waals surface area contributed by atoms with Crippen molar-refractivity contribution < 1.29 is 4.48 Å². The van der Waals surface area contributed by atoms with Crippen LogP contribution in [0.1, 0.15) is 37.8 Å². The average Bonchev–Trinajstić information content (AvgIpc) is 2.64. The lowest BCUT2D eigenvalue weighted by molar-refractivity contribution is -0.915. The van der Waals surface area contributed by atoms with Crippen LogP contribution in [-0.2, 0) is 0 Å². The minimum Gasteiger partial charge on any atom is -0.303 e. The quantitative estimate of drug-likeness (QED) is 0.531. The lowest BCUT2D eigenvalue weighted by atomic mass is 10.2. The van der Waals surface area contributed by atoms with Gasteiger partial charge in [-0.2, -0.15) is 0 Å². The summed E-state index contributed by atoms with van der Waals surface area (Å²) in [6.45, 7) is 8.47. The maximum atomic E-state index is 3.42. The zero-order valence-corrected chi connectivity index (χ0v) is 15.5. The van der Waals surface area contributed by atoms with Crippen molar-refractivity contribution in [3.63, 3.8) is 0 Å². The van der Waals surface area contributed by atoms with Crippen molar-refractivity contribution in [2.75, 3.05) is 26.2 Å². The maximum absolute atomic E-state index is 3.42. The Labute approximate surface area is 153 Å². The summed E-state index contributed by atoms with van der Waals surface area (Å²) in [5, 5.41) is 0. The van der Waals surface area contributed by atoms with Gasteiger partial charge in [-0.05, 0) is 48.9 Å². The van der Waals surface area contributed by atoms with Gasteiger partial charge in [-0.15, -0.1) is 0 Å². The van der Waals surface area contributed by atoms with Gasteiger partial charge in [0.1, 0.15) is 13.1 Å². The van der Waals surface area contributed by atoms with E-state index in [4.69, 9.17) is 0 Å². The maximum Gasteiger partial charge on any atom is 0.142 e. The van der Waals surface area contributed by atoms with Gasteiger partial charge < -0.3 is 4.48 Å². The van der Waals surface area contributed by atoms with E-state index >= 15 is 0 Å². The third-order valence-electron chi connectivity index (χ3n) is 4.24. The Hall–Kier alpha value is -2.48. The van der Waals surface area contributed by atoms with Crippen molar-refractivity contribution in [1.29, 1.82) is 0 Å². The first-order valence-electron chi connectivity index (χ1n) is 9.21. The van der Waals surface area contributed by atoms with Crippen molar-refractivity contribution in [1.82, 2.24) is 0 Å². The molecule has 0 amide bonds. The van der Waals surface area contributed by atoms with Crippen LogP contribution in [0.3, 0.4) is 0 Å². The van der Waals surface area contributed by atoms with Gasteiger partial charge in [0.05, 0.1) is 13.1 Å². The molecule has 2 aromatic rings. The molecule has 0 unspecified atom stereocenters. The van der Waals surface area contributed by atoms with E-state index in [1.54, 1.807) is 0 Å². The van der Waals surface area contributed by atoms with Gasteiger partial charge in [-0.1, -0.05) is 62.1 Å². The molecular weight excluding hydrogens is 302 g/mol. The first kappa shape index (κ1) is 18.9. The van der Waals surface area contributed by atoms with E-state index in [-0.39, 0.29) is 0 Å². The summed E-state index contributed by atoms with van der Waals surface area (Å²) in [5.41, 5.74) is 2.17. The molecule has 1 nitrogen and oxygen atoms in total. The number of benzene rings is 2.